The van der Waals surface area contributed by atoms with E-state index < -0.39 is 11.4 Å². The van der Waals surface area contributed by atoms with Gasteiger partial charge in [0, 0.05) is 0 Å². The molecule has 2 nitrogen and oxygen atoms in total. The molecule has 1 aliphatic carbocycles. The van der Waals surface area contributed by atoms with Crippen molar-refractivity contribution >= 4 is 12.0 Å². The number of hydrogen-bond acceptors (Lipinski definition) is 1. The van der Waals surface area contributed by atoms with Gasteiger partial charge in [-0.05, 0) is 24.3 Å². The van der Waals surface area contributed by atoms with Gasteiger partial charge >= 0.3 is 5.97 Å². The largest absolute Gasteiger partial charge is 0.481 e. The summed E-state index contributed by atoms with van der Waals surface area (Å²) in [5.74, 6) is -0.702. The minimum absolute atomic E-state index is 0.131. The lowest BCUT2D eigenvalue weighted by Gasteiger charge is -2.16. The Hall–Kier alpha value is -1.57. The first-order chi connectivity index (χ1) is 7.90. The summed E-state index contributed by atoms with van der Waals surface area (Å²) in [5, 5.41) is 9.45. The highest BCUT2D eigenvalue weighted by Gasteiger charge is 2.67. The van der Waals surface area contributed by atoms with Crippen molar-refractivity contribution < 1.29 is 9.90 Å². The fourth-order valence-electron chi connectivity index (χ4n) is 2.75. The molecule has 1 saturated carbocycles. The van der Waals surface area contributed by atoms with Crippen molar-refractivity contribution in [1.29, 1.82) is 0 Å². The first-order valence-corrected chi connectivity index (χ1v) is 5.87. The van der Waals surface area contributed by atoms with Gasteiger partial charge in [-0.1, -0.05) is 55.8 Å². The predicted octanol–water partition coefficient (Wildman–Crippen LogP) is 3.59. The number of carbonyl (C=O) groups is 1. The van der Waals surface area contributed by atoms with Crippen molar-refractivity contribution in [2.45, 2.75) is 27.2 Å². The van der Waals surface area contributed by atoms with Gasteiger partial charge in [0.25, 0.3) is 0 Å². The molecule has 17 heavy (non-hydrogen) atoms. The Labute approximate surface area is 102 Å². The van der Waals surface area contributed by atoms with Crippen LogP contribution < -0.4 is 0 Å². The normalized spacial score (nSPS) is 26.6. The van der Waals surface area contributed by atoms with Crippen LogP contribution in [0.2, 0.25) is 0 Å². The van der Waals surface area contributed by atoms with Crippen LogP contribution in [0.15, 0.2) is 35.9 Å². The third kappa shape index (κ3) is 1.78. The zero-order valence-corrected chi connectivity index (χ0v) is 10.5. The van der Waals surface area contributed by atoms with Gasteiger partial charge in [0.1, 0.15) is 0 Å². The van der Waals surface area contributed by atoms with Gasteiger partial charge < -0.3 is 5.11 Å². The molecule has 0 heterocycles. The van der Waals surface area contributed by atoms with E-state index in [1.54, 1.807) is 0 Å². The van der Waals surface area contributed by atoms with Gasteiger partial charge in [0.2, 0.25) is 0 Å². The molecule has 2 heteroatoms. The lowest BCUT2D eigenvalue weighted by molar-refractivity contribution is -0.142. The molecule has 2 rings (SSSR count). The van der Waals surface area contributed by atoms with E-state index in [0.29, 0.717) is 0 Å². The standard InChI is InChI=1S/C15H18O2/c1-11(9-12-7-5-4-6-8-12)15(13(16)17)10-14(15,2)3/h4-9H,10H2,1-3H3,(H,16,17)/b11-9+. The van der Waals surface area contributed by atoms with Crippen molar-refractivity contribution in [3.8, 4) is 0 Å². The zero-order valence-electron chi connectivity index (χ0n) is 10.5. The van der Waals surface area contributed by atoms with Crippen molar-refractivity contribution in [3.63, 3.8) is 0 Å². The molecular formula is C15H18O2. The van der Waals surface area contributed by atoms with E-state index >= 15 is 0 Å². The van der Waals surface area contributed by atoms with Crippen LogP contribution >= 0.6 is 0 Å². The van der Waals surface area contributed by atoms with E-state index in [0.717, 1.165) is 17.6 Å². The maximum Gasteiger partial charge on any atom is 0.314 e. The molecule has 1 aromatic rings. The van der Waals surface area contributed by atoms with Gasteiger partial charge in [-0.3, -0.25) is 4.79 Å². The molecule has 0 radical (unpaired) electrons. The molecule has 0 aromatic heterocycles. The van der Waals surface area contributed by atoms with Gasteiger partial charge in [-0.15, -0.1) is 0 Å². The van der Waals surface area contributed by atoms with E-state index in [2.05, 4.69) is 0 Å². The molecule has 0 aliphatic heterocycles. The third-order valence-electron chi connectivity index (χ3n) is 3.96. The highest BCUT2D eigenvalue weighted by atomic mass is 16.4. The summed E-state index contributed by atoms with van der Waals surface area (Å²) in [6.45, 7) is 5.96. The maximum atomic E-state index is 11.5. The summed E-state index contributed by atoms with van der Waals surface area (Å²) in [6, 6.07) is 9.87. The Kier molecular flexibility index (Phi) is 2.61. The maximum absolute atomic E-state index is 11.5. The summed E-state index contributed by atoms with van der Waals surface area (Å²) in [7, 11) is 0. The monoisotopic (exact) mass is 230 g/mol. The van der Waals surface area contributed by atoms with Crippen molar-refractivity contribution in [1.82, 2.24) is 0 Å². The second-order valence-corrected chi connectivity index (χ2v) is 5.51. The molecule has 0 spiro atoms. The minimum Gasteiger partial charge on any atom is -0.481 e. The highest BCUT2D eigenvalue weighted by molar-refractivity contribution is 5.85. The van der Waals surface area contributed by atoms with Crippen molar-refractivity contribution in [2.75, 3.05) is 0 Å². The Morgan fingerprint density at radius 1 is 1.29 bits per heavy atom. The Balaban J connectivity index is 2.35. The quantitative estimate of drug-likeness (QED) is 0.861. The van der Waals surface area contributed by atoms with Crippen LogP contribution in [0.3, 0.4) is 0 Å². The smallest absolute Gasteiger partial charge is 0.314 e. The summed E-state index contributed by atoms with van der Waals surface area (Å²) < 4.78 is 0. The number of aliphatic carboxylic acids is 1. The summed E-state index contributed by atoms with van der Waals surface area (Å²) in [4.78, 5) is 11.5. The van der Waals surface area contributed by atoms with Crippen LogP contribution in [-0.4, -0.2) is 11.1 Å². The third-order valence-corrected chi connectivity index (χ3v) is 3.96. The van der Waals surface area contributed by atoms with E-state index in [4.69, 9.17) is 0 Å². The van der Waals surface area contributed by atoms with Crippen LogP contribution in [0.25, 0.3) is 6.08 Å². The number of benzene rings is 1. The average molecular weight is 230 g/mol. The molecule has 1 fully saturated rings. The molecular weight excluding hydrogens is 212 g/mol. The summed E-state index contributed by atoms with van der Waals surface area (Å²) in [5.41, 5.74) is 1.21. The molecule has 90 valence electrons. The van der Waals surface area contributed by atoms with Gasteiger partial charge in [0.15, 0.2) is 0 Å². The Morgan fingerprint density at radius 2 is 1.82 bits per heavy atom. The molecule has 1 aliphatic rings. The molecule has 1 aromatic carbocycles. The van der Waals surface area contributed by atoms with Crippen molar-refractivity contribution in [3.05, 3.63) is 41.5 Å². The molecule has 0 saturated heterocycles. The lowest BCUT2D eigenvalue weighted by atomic mass is 9.87. The van der Waals surface area contributed by atoms with Crippen molar-refractivity contribution in [2.24, 2.45) is 10.8 Å². The zero-order chi connectivity index (χ0) is 12.7. The Morgan fingerprint density at radius 3 is 2.24 bits per heavy atom. The lowest BCUT2D eigenvalue weighted by Crippen LogP contribution is -2.22. The van der Waals surface area contributed by atoms with E-state index in [9.17, 15) is 9.90 Å². The van der Waals surface area contributed by atoms with E-state index in [-0.39, 0.29) is 5.41 Å². The van der Waals surface area contributed by atoms with Crippen LogP contribution in [0.4, 0.5) is 0 Å². The molecule has 0 bridgehead atoms. The molecule has 1 atom stereocenters. The van der Waals surface area contributed by atoms with Gasteiger partial charge in [-0.25, -0.2) is 0 Å². The number of hydrogen-bond donors (Lipinski definition) is 1. The summed E-state index contributed by atoms with van der Waals surface area (Å²) in [6.07, 6.45) is 2.72. The number of rotatable bonds is 3. The van der Waals surface area contributed by atoms with E-state index in [1.165, 1.54) is 0 Å². The highest BCUT2D eigenvalue weighted by Crippen LogP contribution is 2.67. The average Bonchev–Trinajstić information content (AvgIpc) is 2.85. The van der Waals surface area contributed by atoms with Crippen LogP contribution in [-0.2, 0) is 4.79 Å². The SMILES string of the molecule is C/C(=C\c1ccccc1)C1(C(=O)O)CC1(C)C. The van der Waals surface area contributed by atoms with E-state index in [1.807, 2.05) is 57.2 Å². The van der Waals surface area contributed by atoms with Crippen LogP contribution in [0.5, 0.6) is 0 Å². The fourth-order valence-corrected chi connectivity index (χ4v) is 2.75. The number of carboxylic acids is 1. The van der Waals surface area contributed by atoms with Gasteiger partial charge in [-0.2, -0.15) is 0 Å². The minimum atomic E-state index is -0.702. The van der Waals surface area contributed by atoms with Crippen LogP contribution in [0.1, 0.15) is 32.8 Å². The second kappa shape index (κ2) is 3.73. The second-order valence-electron chi connectivity index (χ2n) is 5.51. The molecule has 0 amide bonds. The first kappa shape index (κ1) is 11.9. The number of carboxylic acid groups (broad SMARTS) is 1. The molecule has 1 unspecified atom stereocenters. The predicted molar refractivity (Wildman–Crippen MR) is 68.6 cm³/mol. The van der Waals surface area contributed by atoms with Gasteiger partial charge in [0.05, 0.1) is 5.41 Å². The first-order valence-electron chi connectivity index (χ1n) is 5.87. The topological polar surface area (TPSA) is 37.3 Å². The fraction of sp³-hybridized carbons (Fsp3) is 0.400. The molecule has 1 N–H and O–H groups in total. The summed E-state index contributed by atoms with van der Waals surface area (Å²) >= 11 is 0. The Bertz CT molecular complexity index is 471. The van der Waals surface area contributed by atoms with Crippen LogP contribution in [0, 0.1) is 10.8 Å².